The minimum atomic E-state index is -0.489. The zero-order chi connectivity index (χ0) is 31.8. The van der Waals surface area contributed by atoms with Gasteiger partial charge in [-0.25, -0.2) is 0 Å². The zero-order valence-electron chi connectivity index (χ0n) is 26.2. The summed E-state index contributed by atoms with van der Waals surface area (Å²) >= 11 is 0. The van der Waals surface area contributed by atoms with Crippen molar-refractivity contribution in [3.63, 3.8) is 0 Å². The molecule has 0 saturated carbocycles. The Morgan fingerprint density at radius 3 is 1.07 bits per heavy atom. The molecule has 15 nitrogen and oxygen atoms in total. The average Bonchev–Trinajstić information content (AvgIpc) is 3.33. The molecule has 1 aliphatic heterocycles. The number of hydrogen-bond donors (Lipinski definition) is 1. The van der Waals surface area contributed by atoms with Crippen molar-refractivity contribution in [1.29, 1.82) is 0 Å². The maximum atomic E-state index is 11.7. The van der Waals surface area contributed by atoms with E-state index in [1.54, 1.807) is 0 Å². The van der Waals surface area contributed by atoms with Crippen LogP contribution in [-0.2, 0) is 61.8 Å². The maximum absolute atomic E-state index is 11.7. The third-order valence-electron chi connectivity index (χ3n) is 5.47. The molecule has 0 bridgehead atoms. The molecule has 0 aromatic rings. The van der Waals surface area contributed by atoms with E-state index in [-0.39, 0.29) is 13.1 Å². The molecule has 1 aliphatic rings. The molecule has 0 fully saturated rings. The van der Waals surface area contributed by atoms with E-state index in [0.29, 0.717) is 126 Å². The Morgan fingerprint density at radius 1 is 0.500 bits per heavy atom. The summed E-state index contributed by atoms with van der Waals surface area (Å²) in [6, 6.07) is 0. The van der Waals surface area contributed by atoms with E-state index in [0.717, 1.165) is 30.1 Å². The van der Waals surface area contributed by atoms with Crippen LogP contribution >= 0.6 is 0 Å². The molecule has 0 aromatic carbocycles. The molecule has 0 aliphatic carbocycles. The van der Waals surface area contributed by atoms with Crippen molar-refractivity contribution in [3.8, 4) is 0 Å². The molecule has 0 unspecified atom stereocenters. The summed E-state index contributed by atoms with van der Waals surface area (Å²) in [5.74, 6) is -1.40. The normalized spacial score (nSPS) is 13.0. The van der Waals surface area contributed by atoms with Gasteiger partial charge in [-0.05, 0) is 6.42 Å². The Balaban J connectivity index is 1.66. The lowest BCUT2D eigenvalue weighted by molar-refractivity contribution is -0.141. The van der Waals surface area contributed by atoms with Gasteiger partial charge in [-0.1, -0.05) is 6.92 Å². The van der Waals surface area contributed by atoms with E-state index in [9.17, 15) is 14.4 Å². The lowest BCUT2D eigenvalue weighted by Gasteiger charge is -2.13. The van der Waals surface area contributed by atoms with E-state index in [4.69, 9.17) is 47.4 Å². The highest BCUT2D eigenvalue weighted by Gasteiger charge is 2.25. The predicted molar refractivity (Wildman–Crippen MR) is 157 cm³/mol. The smallest absolute Gasteiger partial charge is 0.254 e. The highest BCUT2D eigenvalue weighted by Crippen LogP contribution is 2.02. The first-order valence-corrected chi connectivity index (χ1v) is 15.2. The second-order valence-corrected chi connectivity index (χ2v) is 9.07. The molecule has 0 aromatic heterocycles. The third-order valence-corrected chi connectivity index (χ3v) is 5.47. The monoisotopic (exact) mass is 636 g/mol. The fourth-order valence-electron chi connectivity index (χ4n) is 3.27. The molecular weight excluding hydrogens is 584 g/mol. The lowest BCUT2D eigenvalue weighted by Crippen LogP contribution is -2.41. The maximum Gasteiger partial charge on any atom is 0.254 e. The number of nitrogens with zero attached hydrogens (tertiary/aromatic N) is 1. The fraction of sp³-hybridized carbons (Fsp3) is 0.828. The fourth-order valence-corrected chi connectivity index (χ4v) is 3.27. The largest absolute Gasteiger partial charge is 0.379 e. The van der Waals surface area contributed by atoms with Gasteiger partial charge in [-0.15, -0.1) is 0 Å². The van der Waals surface area contributed by atoms with E-state index in [1.165, 1.54) is 0 Å². The lowest BCUT2D eigenvalue weighted by atomic mass is 10.4. The summed E-state index contributed by atoms with van der Waals surface area (Å²) in [4.78, 5) is 35.4. The molecule has 44 heavy (non-hydrogen) atoms. The van der Waals surface area contributed by atoms with Gasteiger partial charge < -0.3 is 52.7 Å². The van der Waals surface area contributed by atoms with Gasteiger partial charge in [-0.3, -0.25) is 19.3 Å². The second-order valence-electron chi connectivity index (χ2n) is 9.07. The van der Waals surface area contributed by atoms with E-state index < -0.39 is 17.7 Å². The molecule has 15 heteroatoms. The van der Waals surface area contributed by atoms with Gasteiger partial charge >= 0.3 is 0 Å². The van der Waals surface area contributed by atoms with Crippen LogP contribution in [0.25, 0.3) is 0 Å². The number of nitrogens with one attached hydrogen (secondary N) is 1. The minimum Gasteiger partial charge on any atom is -0.379 e. The van der Waals surface area contributed by atoms with Gasteiger partial charge in [-0.2, -0.15) is 0 Å². The number of ether oxygens (including phenoxy) is 10. The third kappa shape index (κ3) is 25.3. The molecule has 256 valence electrons. The Morgan fingerprint density at radius 2 is 0.773 bits per heavy atom. The number of carbonyl (C=O) groups is 3. The number of amides is 3. The van der Waals surface area contributed by atoms with Gasteiger partial charge in [0.2, 0.25) is 5.91 Å². The highest BCUT2D eigenvalue weighted by atomic mass is 16.6. The van der Waals surface area contributed by atoms with Crippen molar-refractivity contribution >= 4 is 17.7 Å². The molecule has 0 atom stereocenters. The Labute approximate surface area is 260 Å². The molecule has 0 saturated heterocycles. The number of hydrogen-bond acceptors (Lipinski definition) is 13. The van der Waals surface area contributed by atoms with Crippen LogP contribution < -0.4 is 5.32 Å². The summed E-state index contributed by atoms with van der Waals surface area (Å²) in [7, 11) is 0. The zero-order valence-corrected chi connectivity index (χ0v) is 26.2. The van der Waals surface area contributed by atoms with Crippen LogP contribution in [0.1, 0.15) is 13.3 Å². The van der Waals surface area contributed by atoms with Crippen LogP contribution in [0, 0.1) is 0 Å². The Kier molecular flexibility index (Phi) is 28.1. The van der Waals surface area contributed by atoms with Crippen molar-refractivity contribution in [3.05, 3.63) is 12.2 Å². The van der Waals surface area contributed by atoms with Gasteiger partial charge in [0.15, 0.2) is 0 Å². The average molecular weight is 637 g/mol. The predicted octanol–water partition coefficient (Wildman–Crippen LogP) is -0.396. The first-order chi connectivity index (χ1) is 21.6. The van der Waals surface area contributed by atoms with Crippen LogP contribution in [0.2, 0.25) is 0 Å². The summed E-state index contributed by atoms with van der Waals surface area (Å²) in [5, 5.41) is 2.59. The second kappa shape index (κ2) is 31.0. The minimum absolute atomic E-state index is 0.269. The number of imide groups is 1. The van der Waals surface area contributed by atoms with Gasteiger partial charge in [0, 0.05) is 25.3 Å². The van der Waals surface area contributed by atoms with Crippen molar-refractivity contribution in [1.82, 2.24) is 10.2 Å². The molecule has 1 rings (SSSR count). The SMILES string of the molecule is CCCOCCOCCOCCOCCOCCOCCOCCOCCOCCOCCNC(=O)CN1C(=O)C=CC1=O. The Hall–Kier alpha value is -2.05. The molecule has 1 N–H and O–H groups in total. The summed E-state index contributed by atoms with van der Waals surface area (Å²) in [6.45, 7) is 12.0. The molecule has 1 heterocycles. The highest BCUT2D eigenvalue weighted by molar-refractivity contribution is 6.14. The summed E-state index contributed by atoms with van der Waals surface area (Å²) in [6.07, 6.45) is 3.29. The van der Waals surface area contributed by atoms with Crippen LogP contribution in [0.5, 0.6) is 0 Å². The van der Waals surface area contributed by atoms with E-state index >= 15 is 0 Å². The molecule has 3 amide bonds. The molecule has 0 spiro atoms. The standard InChI is InChI=1S/C29H52N2O13/c1-2-6-35-8-10-37-12-14-39-16-18-41-20-22-43-24-25-44-23-21-42-19-17-40-15-13-38-11-9-36-7-5-30-27(32)26-31-28(33)3-4-29(31)34/h3-4H,2,5-26H2,1H3,(H,30,32). The first kappa shape index (κ1) is 40.0. The van der Waals surface area contributed by atoms with E-state index in [2.05, 4.69) is 12.2 Å². The van der Waals surface area contributed by atoms with Gasteiger partial charge in [0.1, 0.15) is 6.54 Å². The quantitative estimate of drug-likeness (QED) is 0.0719. The van der Waals surface area contributed by atoms with E-state index in [1.807, 2.05) is 0 Å². The van der Waals surface area contributed by atoms with Crippen LogP contribution in [0.4, 0.5) is 0 Å². The number of carbonyl (C=O) groups excluding carboxylic acids is 3. The van der Waals surface area contributed by atoms with Gasteiger partial charge in [0.05, 0.1) is 126 Å². The van der Waals surface area contributed by atoms with Crippen molar-refractivity contribution < 1.29 is 61.8 Å². The molecular formula is C29H52N2O13. The van der Waals surface area contributed by atoms with Gasteiger partial charge in [0.25, 0.3) is 11.8 Å². The topological polar surface area (TPSA) is 159 Å². The van der Waals surface area contributed by atoms with Crippen LogP contribution in [0.3, 0.4) is 0 Å². The first-order valence-electron chi connectivity index (χ1n) is 15.2. The Bertz CT molecular complexity index is 724. The van der Waals surface area contributed by atoms with Crippen molar-refractivity contribution in [2.75, 3.05) is 145 Å². The number of rotatable bonds is 34. The van der Waals surface area contributed by atoms with Crippen LogP contribution in [0.15, 0.2) is 12.2 Å². The van der Waals surface area contributed by atoms with Crippen molar-refractivity contribution in [2.45, 2.75) is 13.3 Å². The van der Waals surface area contributed by atoms with Crippen molar-refractivity contribution in [2.24, 2.45) is 0 Å². The molecule has 0 radical (unpaired) electrons. The summed E-state index contributed by atoms with van der Waals surface area (Å²) < 4.78 is 54.1. The van der Waals surface area contributed by atoms with Crippen LogP contribution in [-0.4, -0.2) is 168 Å². The summed E-state index contributed by atoms with van der Waals surface area (Å²) in [5.41, 5.74) is 0.